The molecule has 1 saturated heterocycles. The fourth-order valence-corrected chi connectivity index (χ4v) is 2.82. The van der Waals surface area contributed by atoms with Gasteiger partial charge in [-0.3, -0.25) is 9.88 Å². The summed E-state index contributed by atoms with van der Waals surface area (Å²) in [7, 11) is 0. The number of nitrogens with two attached hydrogens (primary N) is 1. The average molecular weight is 247 g/mol. The van der Waals surface area contributed by atoms with E-state index in [1.165, 1.54) is 37.9 Å². The molecule has 1 aromatic heterocycles. The maximum absolute atomic E-state index is 6.49. The molecule has 3 heteroatoms. The molecule has 1 aliphatic heterocycles. The van der Waals surface area contributed by atoms with Gasteiger partial charge in [0.05, 0.1) is 0 Å². The molecule has 2 rings (SSSR count). The third-order valence-electron chi connectivity index (χ3n) is 4.19. The fourth-order valence-electron chi connectivity index (χ4n) is 2.82. The summed E-state index contributed by atoms with van der Waals surface area (Å²) in [6.07, 6.45) is 7.73. The number of pyridine rings is 1. The predicted molar refractivity (Wildman–Crippen MR) is 75.4 cm³/mol. The molecule has 3 nitrogen and oxygen atoms in total. The highest BCUT2D eigenvalue weighted by Gasteiger charge is 2.34. The third kappa shape index (κ3) is 2.73. The van der Waals surface area contributed by atoms with Gasteiger partial charge in [-0.1, -0.05) is 12.5 Å². The summed E-state index contributed by atoms with van der Waals surface area (Å²) in [5.41, 5.74) is 8.81. The van der Waals surface area contributed by atoms with Crippen molar-refractivity contribution in [2.24, 2.45) is 5.73 Å². The lowest BCUT2D eigenvalue weighted by Crippen LogP contribution is -2.53. The van der Waals surface area contributed by atoms with E-state index in [1.54, 1.807) is 0 Å². The minimum atomic E-state index is -0.00407. The van der Waals surface area contributed by atoms with Crippen LogP contribution >= 0.6 is 0 Å². The van der Waals surface area contributed by atoms with Crippen LogP contribution in [0.5, 0.6) is 0 Å². The van der Waals surface area contributed by atoms with Gasteiger partial charge in [-0.2, -0.15) is 0 Å². The van der Waals surface area contributed by atoms with Gasteiger partial charge in [-0.05, 0) is 57.8 Å². The highest BCUT2D eigenvalue weighted by atomic mass is 15.2. The van der Waals surface area contributed by atoms with Gasteiger partial charge in [0.1, 0.15) is 0 Å². The van der Waals surface area contributed by atoms with Gasteiger partial charge in [0.2, 0.25) is 0 Å². The van der Waals surface area contributed by atoms with Gasteiger partial charge >= 0.3 is 0 Å². The molecule has 1 unspecified atom stereocenters. The van der Waals surface area contributed by atoms with Crippen LogP contribution in [0.4, 0.5) is 0 Å². The van der Waals surface area contributed by atoms with Crippen LogP contribution in [0.25, 0.3) is 0 Å². The molecule has 1 aliphatic rings. The Bertz CT molecular complexity index is 394. The lowest BCUT2D eigenvalue weighted by Gasteiger charge is -2.44. The van der Waals surface area contributed by atoms with Crippen LogP contribution in [0.2, 0.25) is 0 Å². The first kappa shape index (κ1) is 13.5. The zero-order valence-electron chi connectivity index (χ0n) is 11.8. The summed E-state index contributed by atoms with van der Waals surface area (Å²) >= 11 is 0. The number of hydrogen-bond acceptors (Lipinski definition) is 3. The summed E-state index contributed by atoms with van der Waals surface area (Å²) in [4.78, 5) is 6.80. The normalized spacial score (nSPS) is 19.8. The minimum absolute atomic E-state index is 0.00407. The smallest absolute Gasteiger partial charge is 0.0492 e. The van der Waals surface area contributed by atoms with Gasteiger partial charge in [0.15, 0.2) is 0 Å². The molecule has 0 saturated carbocycles. The van der Waals surface area contributed by atoms with Crippen molar-refractivity contribution in [2.45, 2.75) is 51.6 Å². The van der Waals surface area contributed by atoms with Crippen molar-refractivity contribution in [3.63, 3.8) is 0 Å². The Balaban J connectivity index is 2.17. The number of nitrogens with zero attached hydrogens (tertiary/aromatic N) is 2. The summed E-state index contributed by atoms with van der Waals surface area (Å²) in [6, 6.07) is 2.17. The number of rotatable bonds is 3. The Morgan fingerprint density at radius 2 is 1.89 bits per heavy atom. The number of piperidine rings is 1. The van der Waals surface area contributed by atoms with Crippen LogP contribution in [0.1, 0.15) is 50.3 Å². The van der Waals surface area contributed by atoms with Crippen molar-refractivity contribution < 1.29 is 0 Å². The van der Waals surface area contributed by atoms with Gasteiger partial charge < -0.3 is 5.73 Å². The van der Waals surface area contributed by atoms with Crippen molar-refractivity contribution in [1.29, 1.82) is 0 Å². The topological polar surface area (TPSA) is 42.1 Å². The largest absolute Gasteiger partial charge is 0.322 e. The maximum Gasteiger partial charge on any atom is 0.0492 e. The Kier molecular flexibility index (Phi) is 4.03. The van der Waals surface area contributed by atoms with Crippen molar-refractivity contribution >= 4 is 0 Å². The van der Waals surface area contributed by atoms with E-state index < -0.39 is 0 Å². The monoisotopic (exact) mass is 247 g/mol. The van der Waals surface area contributed by atoms with Crippen molar-refractivity contribution in [3.05, 3.63) is 29.6 Å². The van der Waals surface area contributed by atoms with Crippen LogP contribution in [-0.4, -0.2) is 28.5 Å². The molecule has 0 amide bonds. The van der Waals surface area contributed by atoms with Crippen LogP contribution in [0.3, 0.4) is 0 Å². The van der Waals surface area contributed by atoms with E-state index in [2.05, 4.69) is 36.7 Å². The molecule has 0 spiro atoms. The van der Waals surface area contributed by atoms with E-state index in [-0.39, 0.29) is 11.6 Å². The number of hydrogen-bond donors (Lipinski definition) is 1. The first-order valence-electron chi connectivity index (χ1n) is 6.94. The SMILES string of the molecule is Cc1cncc(C(N)C(C)(C)N2CCCCC2)c1. The quantitative estimate of drug-likeness (QED) is 0.893. The van der Waals surface area contributed by atoms with Gasteiger partial charge in [-0.15, -0.1) is 0 Å². The van der Waals surface area contributed by atoms with Crippen LogP contribution in [0, 0.1) is 6.92 Å². The third-order valence-corrected chi connectivity index (χ3v) is 4.19. The van der Waals surface area contributed by atoms with E-state index in [0.717, 1.165) is 5.56 Å². The highest BCUT2D eigenvalue weighted by Crippen LogP contribution is 2.31. The zero-order valence-corrected chi connectivity index (χ0v) is 11.8. The molecule has 18 heavy (non-hydrogen) atoms. The molecule has 2 N–H and O–H groups in total. The van der Waals surface area contributed by atoms with Gasteiger partial charge in [0.25, 0.3) is 0 Å². The average Bonchev–Trinajstić information content (AvgIpc) is 2.39. The van der Waals surface area contributed by atoms with Gasteiger partial charge in [0, 0.05) is 24.0 Å². The Labute approximate surface area is 110 Å². The van der Waals surface area contributed by atoms with Crippen molar-refractivity contribution in [1.82, 2.24) is 9.88 Å². The molecular formula is C15H25N3. The molecule has 0 aliphatic carbocycles. The van der Waals surface area contributed by atoms with E-state index in [9.17, 15) is 0 Å². The van der Waals surface area contributed by atoms with E-state index in [1.807, 2.05) is 12.4 Å². The first-order valence-corrected chi connectivity index (χ1v) is 6.94. The molecule has 2 heterocycles. The second-order valence-electron chi connectivity index (χ2n) is 5.97. The molecule has 1 atom stereocenters. The Morgan fingerprint density at radius 3 is 2.50 bits per heavy atom. The summed E-state index contributed by atoms with van der Waals surface area (Å²) in [5.74, 6) is 0. The van der Waals surface area contributed by atoms with Crippen molar-refractivity contribution in [2.75, 3.05) is 13.1 Å². The molecule has 100 valence electrons. The molecule has 1 fully saturated rings. The van der Waals surface area contributed by atoms with E-state index in [0.29, 0.717) is 0 Å². The molecular weight excluding hydrogens is 222 g/mol. The molecule has 0 aromatic carbocycles. The molecule has 1 aromatic rings. The zero-order chi connectivity index (χ0) is 13.2. The second kappa shape index (κ2) is 5.37. The van der Waals surface area contributed by atoms with E-state index in [4.69, 9.17) is 5.73 Å². The highest BCUT2D eigenvalue weighted by molar-refractivity contribution is 5.23. The Morgan fingerprint density at radius 1 is 1.22 bits per heavy atom. The first-order chi connectivity index (χ1) is 8.51. The minimum Gasteiger partial charge on any atom is -0.322 e. The van der Waals surface area contributed by atoms with E-state index >= 15 is 0 Å². The number of likely N-dealkylation sites (tertiary alicyclic amines) is 1. The summed E-state index contributed by atoms with van der Waals surface area (Å²) in [6.45, 7) is 8.91. The molecule has 0 bridgehead atoms. The maximum atomic E-state index is 6.49. The van der Waals surface area contributed by atoms with Crippen LogP contribution < -0.4 is 5.73 Å². The second-order valence-corrected chi connectivity index (χ2v) is 5.97. The number of aromatic nitrogens is 1. The standard InChI is InChI=1S/C15H25N3/c1-12-9-13(11-17-10-12)14(16)15(2,3)18-7-5-4-6-8-18/h9-11,14H,4-8,16H2,1-3H3. The lowest BCUT2D eigenvalue weighted by atomic mass is 9.86. The fraction of sp³-hybridized carbons (Fsp3) is 0.667. The van der Waals surface area contributed by atoms with Crippen molar-refractivity contribution in [3.8, 4) is 0 Å². The molecule has 0 radical (unpaired) electrons. The number of aryl methyl sites for hydroxylation is 1. The Hall–Kier alpha value is -0.930. The van der Waals surface area contributed by atoms with Gasteiger partial charge in [-0.25, -0.2) is 0 Å². The summed E-state index contributed by atoms with van der Waals surface area (Å²) in [5, 5.41) is 0. The summed E-state index contributed by atoms with van der Waals surface area (Å²) < 4.78 is 0. The van der Waals surface area contributed by atoms with Crippen LogP contribution in [0.15, 0.2) is 18.5 Å². The predicted octanol–water partition coefficient (Wildman–Crippen LogP) is 2.65. The van der Waals surface area contributed by atoms with Crippen LogP contribution in [-0.2, 0) is 0 Å². The lowest BCUT2D eigenvalue weighted by molar-refractivity contribution is 0.0729.